The molecule has 1 aromatic heterocycles. The van der Waals surface area contributed by atoms with Gasteiger partial charge in [0.2, 0.25) is 5.91 Å². The third-order valence-electron chi connectivity index (χ3n) is 5.12. The topological polar surface area (TPSA) is 79.1 Å². The molecule has 3 heterocycles. The van der Waals surface area contributed by atoms with E-state index in [0.717, 1.165) is 0 Å². The largest absolute Gasteiger partial charge is 0.423 e. The number of urea groups is 1. The number of imide groups is 1. The highest BCUT2D eigenvalue weighted by molar-refractivity contribution is 6.02. The van der Waals surface area contributed by atoms with E-state index in [1.807, 2.05) is 4.90 Å². The molecule has 8 nitrogen and oxygen atoms in total. The molecule has 3 amide bonds. The summed E-state index contributed by atoms with van der Waals surface area (Å²) in [6.45, 7) is 2.03. The van der Waals surface area contributed by atoms with Crippen molar-refractivity contribution >= 4 is 29.1 Å². The van der Waals surface area contributed by atoms with Crippen molar-refractivity contribution in [1.29, 1.82) is 0 Å². The summed E-state index contributed by atoms with van der Waals surface area (Å²) in [6.07, 6.45) is 1.43. The standard InChI is InChI=1S/C18H21FN4O4/c1-26-9-8-22-16(24)11-23(18(22)25)13-4-6-21(7-5-13)17-20-14-3-2-12(19)10-15(14)27-17/h2-3,10,13H,4-9,11H2,1H3. The number of benzene rings is 1. The normalized spacial score (nSPS) is 19.0. The van der Waals surface area contributed by atoms with Gasteiger partial charge in [0.25, 0.3) is 6.01 Å². The molecule has 2 aliphatic rings. The van der Waals surface area contributed by atoms with E-state index in [9.17, 15) is 14.0 Å². The van der Waals surface area contributed by atoms with Crippen LogP contribution in [0.15, 0.2) is 22.6 Å². The highest BCUT2D eigenvalue weighted by Crippen LogP contribution is 2.27. The van der Waals surface area contributed by atoms with E-state index in [1.165, 1.54) is 17.0 Å². The van der Waals surface area contributed by atoms with E-state index in [0.29, 0.717) is 49.7 Å². The number of rotatable bonds is 5. The summed E-state index contributed by atoms with van der Waals surface area (Å²) >= 11 is 0. The summed E-state index contributed by atoms with van der Waals surface area (Å²) in [5.74, 6) is -0.542. The lowest BCUT2D eigenvalue weighted by Crippen LogP contribution is -2.47. The second-order valence-electron chi connectivity index (χ2n) is 6.78. The molecule has 2 saturated heterocycles. The first-order chi connectivity index (χ1) is 13.1. The first-order valence-electron chi connectivity index (χ1n) is 8.98. The van der Waals surface area contributed by atoms with Crippen LogP contribution in [0.3, 0.4) is 0 Å². The van der Waals surface area contributed by atoms with Gasteiger partial charge in [-0.25, -0.2) is 9.18 Å². The van der Waals surface area contributed by atoms with Gasteiger partial charge in [0, 0.05) is 32.3 Å². The monoisotopic (exact) mass is 376 g/mol. The van der Waals surface area contributed by atoms with Crippen LogP contribution in [-0.2, 0) is 9.53 Å². The molecule has 4 rings (SSSR count). The molecule has 2 aliphatic heterocycles. The van der Waals surface area contributed by atoms with Crippen LogP contribution in [-0.4, -0.2) is 72.7 Å². The molecule has 0 spiro atoms. The van der Waals surface area contributed by atoms with Crippen molar-refractivity contribution < 1.29 is 23.1 Å². The van der Waals surface area contributed by atoms with Crippen LogP contribution in [0.4, 0.5) is 15.2 Å². The molecule has 0 saturated carbocycles. The summed E-state index contributed by atoms with van der Waals surface area (Å²) in [5, 5.41) is 0. The fraction of sp³-hybridized carbons (Fsp3) is 0.500. The molecule has 9 heteroatoms. The summed E-state index contributed by atoms with van der Waals surface area (Å²) in [5.41, 5.74) is 1.03. The van der Waals surface area contributed by atoms with Crippen LogP contribution >= 0.6 is 0 Å². The van der Waals surface area contributed by atoms with Crippen LogP contribution in [0.25, 0.3) is 11.1 Å². The molecule has 2 fully saturated rings. The smallest absolute Gasteiger partial charge is 0.327 e. The number of carbonyl (C=O) groups excluding carboxylic acids is 2. The maximum absolute atomic E-state index is 13.3. The number of oxazole rings is 1. The Hall–Kier alpha value is -2.68. The second-order valence-corrected chi connectivity index (χ2v) is 6.78. The first-order valence-corrected chi connectivity index (χ1v) is 8.98. The minimum Gasteiger partial charge on any atom is -0.423 e. The van der Waals surface area contributed by atoms with E-state index < -0.39 is 0 Å². The quantitative estimate of drug-likeness (QED) is 0.741. The Balaban J connectivity index is 1.40. The molecular weight excluding hydrogens is 355 g/mol. The first kappa shape index (κ1) is 17.7. The van der Waals surface area contributed by atoms with Crippen LogP contribution < -0.4 is 4.90 Å². The summed E-state index contributed by atoms with van der Waals surface area (Å²) in [7, 11) is 1.54. The minimum absolute atomic E-state index is 0.00654. The van der Waals surface area contributed by atoms with Crippen LogP contribution in [0, 0.1) is 5.82 Å². The van der Waals surface area contributed by atoms with Crippen molar-refractivity contribution in [2.24, 2.45) is 0 Å². The molecule has 0 aliphatic carbocycles. The number of anilines is 1. The van der Waals surface area contributed by atoms with E-state index in [2.05, 4.69) is 4.98 Å². The Morgan fingerprint density at radius 2 is 2.07 bits per heavy atom. The van der Waals surface area contributed by atoms with Gasteiger partial charge in [-0.2, -0.15) is 4.98 Å². The highest BCUT2D eigenvalue weighted by atomic mass is 19.1. The number of aromatic nitrogens is 1. The Kier molecular flexibility index (Phi) is 4.69. The number of piperidine rings is 1. The average Bonchev–Trinajstić information content (AvgIpc) is 3.21. The van der Waals surface area contributed by atoms with Crippen molar-refractivity contribution in [3.05, 3.63) is 24.0 Å². The van der Waals surface area contributed by atoms with Gasteiger partial charge in [0.1, 0.15) is 17.9 Å². The van der Waals surface area contributed by atoms with Gasteiger partial charge in [-0.15, -0.1) is 0 Å². The number of hydrogen-bond donors (Lipinski definition) is 0. The number of fused-ring (bicyclic) bond motifs is 1. The number of halogens is 1. The van der Waals surface area contributed by atoms with Crippen molar-refractivity contribution in [2.75, 3.05) is 44.8 Å². The number of hydrogen-bond acceptors (Lipinski definition) is 6. The zero-order valence-corrected chi connectivity index (χ0v) is 15.1. The maximum atomic E-state index is 13.3. The molecule has 1 aromatic carbocycles. The third kappa shape index (κ3) is 3.34. The number of amides is 3. The predicted octanol–water partition coefficient (Wildman–Crippen LogP) is 1.85. The predicted molar refractivity (Wildman–Crippen MR) is 94.9 cm³/mol. The molecular formula is C18H21FN4O4. The third-order valence-corrected chi connectivity index (χ3v) is 5.12. The summed E-state index contributed by atoms with van der Waals surface area (Å²) in [4.78, 5) is 33.9. The van der Waals surface area contributed by atoms with Gasteiger partial charge in [0.05, 0.1) is 13.2 Å². The van der Waals surface area contributed by atoms with Crippen molar-refractivity contribution in [3.63, 3.8) is 0 Å². The Bertz CT molecular complexity index is 862. The molecule has 27 heavy (non-hydrogen) atoms. The van der Waals surface area contributed by atoms with Gasteiger partial charge in [0.15, 0.2) is 5.58 Å². The lowest BCUT2D eigenvalue weighted by molar-refractivity contribution is -0.125. The van der Waals surface area contributed by atoms with Gasteiger partial charge in [-0.1, -0.05) is 0 Å². The molecule has 0 unspecified atom stereocenters. The van der Waals surface area contributed by atoms with E-state index in [1.54, 1.807) is 18.1 Å². The molecule has 0 bridgehead atoms. The lowest BCUT2D eigenvalue weighted by atomic mass is 10.0. The van der Waals surface area contributed by atoms with Gasteiger partial charge in [-0.3, -0.25) is 9.69 Å². The van der Waals surface area contributed by atoms with Crippen LogP contribution in [0.5, 0.6) is 0 Å². The number of nitrogens with zero attached hydrogens (tertiary/aromatic N) is 4. The molecule has 0 atom stereocenters. The minimum atomic E-state index is -0.362. The van der Waals surface area contributed by atoms with Crippen molar-refractivity contribution in [3.8, 4) is 0 Å². The van der Waals surface area contributed by atoms with E-state index >= 15 is 0 Å². The van der Waals surface area contributed by atoms with Crippen molar-refractivity contribution in [2.45, 2.75) is 18.9 Å². The summed E-state index contributed by atoms with van der Waals surface area (Å²) < 4.78 is 23.9. The fourth-order valence-electron chi connectivity index (χ4n) is 3.64. The fourth-order valence-corrected chi connectivity index (χ4v) is 3.64. The molecule has 2 aromatic rings. The highest BCUT2D eigenvalue weighted by Gasteiger charge is 2.40. The number of methoxy groups -OCH3 is 1. The Labute approximate surface area is 155 Å². The van der Waals surface area contributed by atoms with Crippen LogP contribution in [0.1, 0.15) is 12.8 Å². The number of ether oxygens (including phenoxy) is 1. The Morgan fingerprint density at radius 3 is 2.81 bits per heavy atom. The van der Waals surface area contributed by atoms with E-state index in [4.69, 9.17) is 9.15 Å². The van der Waals surface area contributed by atoms with Gasteiger partial charge < -0.3 is 19.0 Å². The van der Waals surface area contributed by atoms with E-state index in [-0.39, 0.29) is 36.9 Å². The SMILES string of the molecule is COCCN1C(=O)CN(C2CCN(c3nc4ccc(F)cc4o3)CC2)C1=O. The van der Waals surface area contributed by atoms with Crippen LogP contribution in [0.2, 0.25) is 0 Å². The zero-order chi connectivity index (χ0) is 19.0. The molecule has 144 valence electrons. The second kappa shape index (κ2) is 7.15. The zero-order valence-electron chi connectivity index (χ0n) is 15.1. The van der Waals surface area contributed by atoms with Gasteiger partial charge in [-0.05, 0) is 25.0 Å². The lowest BCUT2D eigenvalue weighted by Gasteiger charge is -2.35. The summed E-state index contributed by atoms with van der Waals surface area (Å²) in [6, 6.07) is 4.49. The van der Waals surface area contributed by atoms with Gasteiger partial charge >= 0.3 is 6.03 Å². The average molecular weight is 376 g/mol. The molecule has 0 radical (unpaired) electrons. The van der Waals surface area contributed by atoms with Crippen molar-refractivity contribution in [1.82, 2.24) is 14.8 Å². The maximum Gasteiger partial charge on any atom is 0.327 e. The molecule has 0 N–H and O–H groups in total. The Morgan fingerprint density at radius 1 is 1.30 bits per heavy atom. The number of carbonyl (C=O) groups is 2.